The standard InChI is InChI=1S/C11H14ClN3O2/c12-9-5-13-6-10(14-9)15(7-11(16)17)8-3-1-2-4-8/h5-6,8H,1-4,7H2,(H,16,17). The molecular weight excluding hydrogens is 242 g/mol. The third-order valence-electron chi connectivity index (χ3n) is 2.96. The summed E-state index contributed by atoms with van der Waals surface area (Å²) in [6.45, 7) is -0.0559. The van der Waals surface area contributed by atoms with Gasteiger partial charge in [0, 0.05) is 6.04 Å². The Morgan fingerprint density at radius 3 is 2.76 bits per heavy atom. The normalized spacial score (nSPS) is 16.1. The van der Waals surface area contributed by atoms with Gasteiger partial charge in [0.1, 0.15) is 17.5 Å². The van der Waals surface area contributed by atoms with E-state index >= 15 is 0 Å². The number of nitrogens with zero attached hydrogens (tertiary/aromatic N) is 3. The van der Waals surface area contributed by atoms with Crippen molar-refractivity contribution in [3.8, 4) is 0 Å². The second-order valence-corrected chi connectivity index (χ2v) is 4.55. The van der Waals surface area contributed by atoms with Gasteiger partial charge in [-0.1, -0.05) is 24.4 Å². The van der Waals surface area contributed by atoms with E-state index in [1.807, 2.05) is 0 Å². The van der Waals surface area contributed by atoms with E-state index in [9.17, 15) is 4.79 Å². The molecule has 1 aromatic rings. The van der Waals surface area contributed by atoms with Crippen LogP contribution in [0.4, 0.5) is 5.82 Å². The second-order valence-electron chi connectivity index (χ2n) is 4.16. The van der Waals surface area contributed by atoms with Crippen LogP contribution < -0.4 is 4.90 Å². The van der Waals surface area contributed by atoms with E-state index in [1.165, 1.54) is 6.20 Å². The monoisotopic (exact) mass is 255 g/mol. The maximum absolute atomic E-state index is 10.9. The summed E-state index contributed by atoms with van der Waals surface area (Å²) in [6, 6.07) is 0.235. The zero-order valence-electron chi connectivity index (χ0n) is 9.34. The molecule has 5 nitrogen and oxygen atoms in total. The van der Waals surface area contributed by atoms with Crippen molar-refractivity contribution in [2.24, 2.45) is 0 Å². The van der Waals surface area contributed by atoms with Crippen LogP contribution in [-0.4, -0.2) is 33.6 Å². The highest BCUT2D eigenvalue weighted by Crippen LogP contribution is 2.27. The fourth-order valence-electron chi connectivity index (χ4n) is 2.23. The van der Waals surface area contributed by atoms with Gasteiger partial charge in [0.05, 0.1) is 12.4 Å². The first kappa shape index (κ1) is 12.1. The summed E-state index contributed by atoms with van der Waals surface area (Å²) >= 11 is 5.78. The van der Waals surface area contributed by atoms with E-state index in [0.717, 1.165) is 25.7 Å². The van der Waals surface area contributed by atoms with Gasteiger partial charge in [-0.05, 0) is 12.8 Å². The quantitative estimate of drug-likeness (QED) is 0.891. The molecule has 1 aromatic heterocycles. The van der Waals surface area contributed by atoms with Crippen LogP contribution in [0.1, 0.15) is 25.7 Å². The summed E-state index contributed by atoms with van der Waals surface area (Å²) < 4.78 is 0. The number of hydrogen-bond donors (Lipinski definition) is 1. The fourth-order valence-corrected chi connectivity index (χ4v) is 2.37. The topological polar surface area (TPSA) is 66.3 Å². The highest BCUT2D eigenvalue weighted by Gasteiger charge is 2.25. The van der Waals surface area contributed by atoms with Gasteiger partial charge >= 0.3 is 5.97 Å². The van der Waals surface area contributed by atoms with E-state index < -0.39 is 5.97 Å². The van der Waals surface area contributed by atoms with Crippen LogP contribution in [0.3, 0.4) is 0 Å². The SMILES string of the molecule is O=C(O)CN(c1cncc(Cl)n1)C1CCCC1. The molecule has 0 unspecified atom stereocenters. The Morgan fingerprint density at radius 2 is 2.18 bits per heavy atom. The molecule has 0 saturated heterocycles. The average molecular weight is 256 g/mol. The number of halogens is 1. The van der Waals surface area contributed by atoms with Crippen LogP contribution >= 0.6 is 11.6 Å². The lowest BCUT2D eigenvalue weighted by Gasteiger charge is -2.28. The molecule has 1 aliphatic carbocycles. The molecule has 1 saturated carbocycles. The van der Waals surface area contributed by atoms with Gasteiger partial charge in [0.2, 0.25) is 0 Å². The van der Waals surface area contributed by atoms with Crippen molar-refractivity contribution in [1.82, 2.24) is 9.97 Å². The minimum Gasteiger partial charge on any atom is -0.480 e. The van der Waals surface area contributed by atoms with Gasteiger partial charge < -0.3 is 10.0 Å². The van der Waals surface area contributed by atoms with Crippen LogP contribution in [0.5, 0.6) is 0 Å². The zero-order valence-corrected chi connectivity index (χ0v) is 10.1. The number of carboxylic acid groups (broad SMARTS) is 1. The van der Waals surface area contributed by atoms with Gasteiger partial charge in [0.15, 0.2) is 0 Å². The predicted octanol–water partition coefficient (Wildman–Crippen LogP) is 1.96. The number of aliphatic carboxylic acids is 1. The van der Waals surface area contributed by atoms with E-state index in [1.54, 1.807) is 11.1 Å². The predicted molar refractivity (Wildman–Crippen MR) is 64.3 cm³/mol. The molecular formula is C11H14ClN3O2. The number of anilines is 1. The van der Waals surface area contributed by atoms with Crippen molar-refractivity contribution in [1.29, 1.82) is 0 Å². The molecule has 1 heterocycles. The summed E-state index contributed by atoms with van der Waals surface area (Å²) in [7, 11) is 0. The third kappa shape index (κ3) is 3.06. The maximum atomic E-state index is 10.9. The Hall–Kier alpha value is -1.36. The number of rotatable bonds is 4. The largest absolute Gasteiger partial charge is 0.480 e. The lowest BCUT2D eigenvalue weighted by Crippen LogP contribution is -2.38. The summed E-state index contributed by atoms with van der Waals surface area (Å²) in [4.78, 5) is 20.8. The molecule has 0 aromatic carbocycles. The molecule has 6 heteroatoms. The van der Waals surface area contributed by atoms with Crippen LogP contribution in [0, 0.1) is 0 Å². The number of carbonyl (C=O) groups is 1. The molecule has 17 heavy (non-hydrogen) atoms. The molecule has 1 N–H and O–H groups in total. The van der Waals surface area contributed by atoms with E-state index in [0.29, 0.717) is 5.82 Å². The van der Waals surface area contributed by atoms with E-state index in [2.05, 4.69) is 9.97 Å². The van der Waals surface area contributed by atoms with Gasteiger partial charge in [-0.25, -0.2) is 4.98 Å². The molecule has 0 aliphatic heterocycles. The summed E-state index contributed by atoms with van der Waals surface area (Å²) in [5.74, 6) is -0.314. The fraction of sp³-hybridized carbons (Fsp3) is 0.545. The molecule has 0 amide bonds. The average Bonchev–Trinajstić information content (AvgIpc) is 2.79. The van der Waals surface area contributed by atoms with Crippen LogP contribution in [-0.2, 0) is 4.79 Å². The first-order valence-corrected chi connectivity index (χ1v) is 6.00. The molecule has 0 bridgehead atoms. The molecule has 1 aliphatic rings. The number of aromatic nitrogens is 2. The Bertz CT molecular complexity index is 407. The molecule has 0 radical (unpaired) electrons. The van der Waals surface area contributed by atoms with Gasteiger partial charge in [0.25, 0.3) is 0 Å². The third-order valence-corrected chi connectivity index (χ3v) is 3.14. The molecule has 0 spiro atoms. The van der Waals surface area contributed by atoms with Gasteiger partial charge in [-0.2, -0.15) is 0 Å². The van der Waals surface area contributed by atoms with Crippen molar-refractivity contribution in [2.75, 3.05) is 11.4 Å². The lowest BCUT2D eigenvalue weighted by atomic mass is 10.2. The maximum Gasteiger partial charge on any atom is 0.323 e. The Kier molecular flexibility index (Phi) is 3.78. The lowest BCUT2D eigenvalue weighted by molar-refractivity contribution is -0.135. The van der Waals surface area contributed by atoms with Gasteiger partial charge in [-0.15, -0.1) is 0 Å². The van der Waals surface area contributed by atoms with E-state index in [4.69, 9.17) is 16.7 Å². The molecule has 92 valence electrons. The van der Waals surface area contributed by atoms with Crippen LogP contribution in [0.15, 0.2) is 12.4 Å². The molecule has 2 rings (SSSR count). The highest BCUT2D eigenvalue weighted by molar-refractivity contribution is 6.29. The van der Waals surface area contributed by atoms with Crippen LogP contribution in [0.25, 0.3) is 0 Å². The zero-order chi connectivity index (χ0) is 12.3. The van der Waals surface area contributed by atoms with Crippen molar-refractivity contribution >= 4 is 23.4 Å². The van der Waals surface area contributed by atoms with Gasteiger partial charge in [-0.3, -0.25) is 9.78 Å². The Morgan fingerprint density at radius 1 is 1.47 bits per heavy atom. The van der Waals surface area contributed by atoms with Crippen molar-refractivity contribution < 1.29 is 9.90 Å². The first-order chi connectivity index (χ1) is 8.16. The number of hydrogen-bond acceptors (Lipinski definition) is 4. The Balaban J connectivity index is 2.22. The Labute approximate surface area is 104 Å². The van der Waals surface area contributed by atoms with Crippen molar-refractivity contribution in [3.63, 3.8) is 0 Å². The summed E-state index contributed by atoms with van der Waals surface area (Å²) in [6.07, 6.45) is 7.28. The highest BCUT2D eigenvalue weighted by atomic mass is 35.5. The van der Waals surface area contributed by atoms with Crippen molar-refractivity contribution in [2.45, 2.75) is 31.7 Å². The first-order valence-electron chi connectivity index (χ1n) is 5.63. The molecule has 0 atom stereocenters. The minimum absolute atomic E-state index is 0.0559. The number of carboxylic acids is 1. The second kappa shape index (κ2) is 5.31. The minimum atomic E-state index is -0.862. The smallest absolute Gasteiger partial charge is 0.323 e. The van der Waals surface area contributed by atoms with Crippen LogP contribution in [0.2, 0.25) is 5.15 Å². The summed E-state index contributed by atoms with van der Waals surface area (Å²) in [5, 5.41) is 9.24. The van der Waals surface area contributed by atoms with E-state index in [-0.39, 0.29) is 17.7 Å². The van der Waals surface area contributed by atoms with Crippen molar-refractivity contribution in [3.05, 3.63) is 17.5 Å². The molecule has 1 fully saturated rings. The summed E-state index contributed by atoms with van der Waals surface area (Å²) in [5.41, 5.74) is 0.